The van der Waals surface area contributed by atoms with Crippen LogP contribution in [0.25, 0.3) is 0 Å². The third kappa shape index (κ3) is 4.45. The maximum Gasteiger partial charge on any atom is 0.417 e. The highest BCUT2D eigenvalue weighted by molar-refractivity contribution is 5.53. The number of benzene rings is 1. The van der Waals surface area contributed by atoms with Gasteiger partial charge in [0.15, 0.2) is 0 Å². The third-order valence-electron chi connectivity index (χ3n) is 2.50. The molecule has 0 bridgehead atoms. The van der Waals surface area contributed by atoms with Gasteiger partial charge in [-0.2, -0.15) is 18.4 Å². The Morgan fingerprint density at radius 2 is 2.00 bits per heavy atom. The summed E-state index contributed by atoms with van der Waals surface area (Å²) in [5, 5.41) is 11.7. The lowest BCUT2D eigenvalue weighted by Gasteiger charge is -2.20. The molecule has 0 aromatic heterocycles. The van der Waals surface area contributed by atoms with Gasteiger partial charge in [0.05, 0.1) is 17.2 Å². The first-order chi connectivity index (χ1) is 8.74. The number of hydrogen-bond acceptors (Lipinski definition) is 3. The van der Waals surface area contributed by atoms with Gasteiger partial charge in [-0.3, -0.25) is 0 Å². The van der Waals surface area contributed by atoms with Crippen molar-refractivity contribution in [2.75, 3.05) is 26.0 Å². The van der Waals surface area contributed by atoms with E-state index in [4.69, 9.17) is 5.26 Å². The van der Waals surface area contributed by atoms with Gasteiger partial charge in [0.2, 0.25) is 0 Å². The summed E-state index contributed by atoms with van der Waals surface area (Å²) in [6.07, 6.45) is -4.52. The molecular weight excluding hydrogens is 255 g/mol. The molecule has 1 N–H and O–H groups in total. The molecule has 1 unspecified atom stereocenters. The van der Waals surface area contributed by atoms with E-state index < -0.39 is 11.7 Å². The van der Waals surface area contributed by atoms with E-state index in [1.54, 1.807) is 6.07 Å². The normalized spacial score (nSPS) is 13.2. The Balaban J connectivity index is 2.97. The molecule has 1 aromatic carbocycles. The van der Waals surface area contributed by atoms with Crippen LogP contribution in [-0.4, -0.2) is 31.6 Å². The number of nitrogens with zero attached hydrogens (tertiary/aromatic N) is 2. The molecule has 0 saturated heterocycles. The lowest BCUT2D eigenvalue weighted by Crippen LogP contribution is -2.29. The van der Waals surface area contributed by atoms with Crippen LogP contribution in [0.1, 0.15) is 18.1 Å². The van der Waals surface area contributed by atoms with Gasteiger partial charge < -0.3 is 10.2 Å². The summed E-state index contributed by atoms with van der Waals surface area (Å²) in [7, 11) is 3.77. The summed E-state index contributed by atoms with van der Waals surface area (Å²) in [6.45, 7) is 2.58. The smallest absolute Gasteiger partial charge is 0.381 e. The van der Waals surface area contributed by atoms with Crippen molar-refractivity contribution in [3.63, 3.8) is 0 Å². The summed E-state index contributed by atoms with van der Waals surface area (Å²) < 4.78 is 38.3. The van der Waals surface area contributed by atoms with E-state index in [-0.39, 0.29) is 11.6 Å². The summed E-state index contributed by atoms with van der Waals surface area (Å²) >= 11 is 0. The van der Waals surface area contributed by atoms with Gasteiger partial charge in [0.1, 0.15) is 0 Å². The van der Waals surface area contributed by atoms with Crippen LogP contribution in [0.5, 0.6) is 0 Å². The standard InChI is InChI=1S/C13H16F3N3/c1-9(8-19(2)3)18-11-5-4-10(7-17)12(6-11)13(14,15)16/h4-6,9,18H,8H2,1-3H3. The number of alkyl halides is 3. The van der Waals surface area contributed by atoms with Crippen molar-refractivity contribution in [1.82, 2.24) is 4.90 Å². The molecule has 1 rings (SSSR count). The molecule has 0 radical (unpaired) electrons. The number of anilines is 1. The van der Waals surface area contributed by atoms with Gasteiger partial charge in [0, 0.05) is 18.3 Å². The fraction of sp³-hybridized carbons (Fsp3) is 0.462. The second kappa shape index (κ2) is 5.93. The van der Waals surface area contributed by atoms with Crippen molar-refractivity contribution in [1.29, 1.82) is 5.26 Å². The van der Waals surface area contributed by atoms with Crippen LogP contribution in [0.3, 0.4) is 0 Å². The fourth-order valence-electron chi connectivity index (χ4n) is 1.84. The molecule has 1 aromatic rings. The second-order valence-corrected chi connectivity index (χ2v) is 4.68. The van der Waals surface area contributed by atoms with E-state index in [1.807, 2.05) is 25.9 Å². The molecule has 0 amide bonds. The number of halogens is 3. The maximum atomic E-state index is 12.8. The molecular formula is C13H16F3N3. The molecule has 0 aliphatic rings. The molecule has 0 heterocycles. The SMILES string of the molecule is CC(CN(C)C)Nc1ccc(C#N)c(C(F)(F)F)c1. The second-order valence-electron chi connectivity index (χ2n) is 4.68. The largest absolute Gasteiger partial charge is 0.417 e. The lowest BCUT2D eigenvalue weighted by molar-refractivity contribution is -0.137. The monoisotopic (exact) mass is 271 g/mol. The number of hydrogen-bond donors (Lipinski definition) is 1. The van der Waals surface area contributed by atoms with Crippen molar-refractivity contribution >= 4 is 5.69 Å². The van der Waals surface area contributed by atoms with Crippen LogP contribution < -0.4 is 5.32 Å². The van der Waals surface area contributed by atoms with E-state index in [0.29, 0.717) is 12.2 Å². The summed E-state index contributed by atoms with van der Waals surface area (Å²) in [5.41, 5.74) is -0.906. The van der Waals surface area contributed by atoms with E-state index in [9.17, 15) is 13.2 Å². The molecule has 19 heavy (non-hydrogen) atoms. The first-order valence-electron chi connectivity index (χ1n) is 5.76. The van der Waals surface area contributed by atoms with Gasteiger partial charge in [-0.1, -0.05) is 0 Å². The van der Waals surface area contributed by atoms with Crippen LogP contribution in [-0.2, 0) is 6.18 Å². The zero-order valence-corrected chi connectivity index (χ0v) is 11.0. The Kier molecular flexibility index (Phi) is 4.78. The quantitative estimate of drug-likeness (QED) is 0.915. The Hall–Kier alpha value is -1.74. The topological polar surface area (TPSA) is 39.1 Å². The molecule has 6 heteroatoms. The maximum absolute atomic E-state index is 12.8. The minimum absolute atomic E-state index is 0.00372. The van der Waals surface area contributed by atoms with Gasteiger partial charge >= 0.3 is 6.18 Å². The summed E-state index contributed by atoms with van der Waals surface area (Å²) in [6, 6.07) is 5.21. The van der Waals surface area contributed by atoms with Crippen molar-refractivity contribution in [3.05, 3.63) is 29.3 Å². The zero-order chi connectivity index (χ0) is 14.6. The highest BCUT2D eigenvalue weighted by Crippen LogP contribution is 2.33. The van der Waals surface area contributed by atoms with E-state index in [0.717, 1.165) is 6.07 Å². The number of nitriles is 1. The van der Waals surface area contributed by atoms with Crippen molar-refractivity contribution in [3.8, 4) is 6.07 Å². The fourth-order valence-corrected chi connectivity index (χ4v) is 1.84. The molecule has 0 aliphatic carbocycles. The summed E-state index contributed by atoms with van der Waals surface area (Å²) in [5.74, 6) is 0. The van der Waals surface area contributed by atoms with Crippen LogP contribution in [0.15, 0.2) is 18.2 Å². The first kappa shape index (κ1) is 15.3. The number of nitrogens with one attached hydrogen (secondary N) is 1. The molecule has 3 nitrogen and oxygen atoms in total. The summed E-state index contributed by atoms with van der Waals surface area (Å²) in [4.78, 5) is 1.94. The van der Waals surface area contributed by atoms with Crippen LogP contribution in [0.4, 0.5) is 18.9 Å². The Bertz CT molecular complexity index is 475. The Morgan fingerprint density at radius 1 is 1.37 bits per heavy atom. The van der Waals surface area contributed by atoms with Gasteiger partial charge in [-0.05, 0) is 39.2 Å². The van der Waals surface area contributed by atoms with Gasteiger partial charge in [-0.25, -0.2) is 0 Å². The molecule has 0 spiro atoms. The van der Waals surface area contributed by atoms with Crippen molar-refractivity contribution in [2.24, 2.45) is 0 Å². The average molecular weight is 271 g/mol. The molecule has 0 fully saturated rings. The zero-order valence-electron chi connectivity index (χ0n) is 11.0. The molecule has 0 saturated carbocycles. The third-order valence-corrected chi connectivity index (χ3v) is 2.50. The minimum atomic E-state index is -4.52. The Morgan fingerprint density at radius 3 is 2.47 bits per heavy atom. The minimum Gasteiger partial charge on any atom is -0.381 e. The van der Waals surface area contributed by atoms with Crippen molar-refractivity contribution < 1.29 is 13.2 Å². The number of rotatable bonds is 4. The Labute approximate surface area is 110 Å². The molecule has 1 atom stereocenters. The lowest BCUT2D eigenvalue weighted by atomic mass is 10.1. The van der Waals surface area contributed by atoms with Gasteiger partial charge in [-0.15, -0.1) is 0 Å². The predicted octanol–water partition coefficient (Wildman–Crippen LogP) is 2.94. The van der Waals surface area contributed by atoms with E-state index >= 15 is 0 Å². The molecule has 104 valence electrons. The van der Waals surface area contributed by atoms with Gasteiger partial charge in [0.25, 0.3) is 0 Å². The average Bonchev–Trinajstić information content (AvgIpc) is 2.26. The predicted molar refractivity (Wildman–Crippen MR) is 67.8 cm³/mol. The molecule has 0 aliphatic heterocycles. The van der Waals surface area contributed by atoms with Crippen LogP contribution in [0, 0.1) is 11.3 Å². The number of likely N-dealkylation sites (N-methyl/N-ethyl adjacent to an activating group) is 1. The van der Waals surface area contributed by atoms with Crippen LogP contribution in [0.2, 0.25) is 0 Å². The highest BCUT2D eigenvalue weighted by atomic mass is 19.4. The van der Waals surface area contributed by atoms with E-state index in [2.05, 4.69) is 5.32 Å². The highest BCUT2D eigenvalue weighted by Gasteiger charge is 2.33. The van der Waals surface area contributed by atoms with E-state index in [1.165, 1.54) is 12.1 Å². The first-order valence-corrected chi connectivity index (χ1v) is 5.76. The van der Waals surface area contributed by atoms with Crippen molar-refractivity contribution in [2.45, 2.75) is 19.1 Å². The van der Waals surface area contributed by atoms with Crippen LogP contribution >= 0.6 is 0 Å².